The van der Waals surface area contributed by atoms with Crippen LogP contribution in [0.15, 0.2) is 30.5 Å². The Morgan fingerprint density at radius 3 is 2.48 bits per heavy atom. The molecule has 0 unspecified atom stereocenters. The van der Waals surface area contributed by atoms with E-state index in [0.717, 1.165) is 29.5 Å². The second kappa shape index (κ2) is 8.89. The van der Waals surface area contributed by atoms with Gasteiger partial charge in [0.1, 0.15) is 11.4 Å². The number of primary amides is 1. The summed E-state index contributed by atoms with van der Waals surface area (Å²) in [5.74, 6) is -3.17. The normalized spacial score (nSPS) is 10.2. The minimum atomic E-state index is -1.36. The molecule has 152 valence electrons. The quantitative estimate of drug-likeness (QED) is 0.541. The number of hydrogen-bond acceptors (Lipinski definition) is 7. The van der Waals surface area contributed by atoms with E-state index in [1.807, 2.05) is 0 Å². The molecule has 0 radical (unpaired) electrons. The fraction of sp³-hybridized carbons (Fsp3) is 0.167. The fourth-order valence-corrected chi connectivity index (χ4v) is 2.33. The molecule has 2 heterocycles. The molecule has 2 aromatic heterocycles. The number of carbonyl (C=O) groups is 3. The van der Waals surface area contributed by atoms with E-state index in [-0.39, 0.29) is 22.7 Å². The number of rotatable bonds is 4. The van der Waals surface area contributed by atoms with Crippen LogP contribution in [0.5, 0.6) is 0 Å². The SMILES string of the molecule is COC(=O)c1cc(C(=O)O)nc2c(C(N)=O)cnn12.Cc1cc(CN)ccc1F. The Kier molecular flexibility index (Phi) is 6.57. The second-order valence-corrected chi connectivity index (χ2v) is 5.77. The van der Waals surface area contributed by atoms with Gasteiger partial charge in [0.05, 0.1) is 13.3 Å². The minimum Gasteiger partial charge on any atom is -0.477 e. The first-order chi connectivity index (χ1) is 13.7. The number of fused-ring (bicyclic) bond motifs is 1. The monoisotopic (exact) mass is 403 g/mol. The Labute approximate surface area is 163 Å². The number of ether oxygens (including phenoxy) is 1. The molecule has 0 saturated heterocycles. The van der Waals surface area contributed by atoms with Gasteiger partial charge in [0.2, 0.25) is 0 Å². The van der Waals surface area contributed by atoms with Gasteiger partial charge in [0.25, 0.3) is 5.91 Å². The summed E-state index contributed by atoms with van der Waals surface area (Å²) < 4.78 is 18.1. The number of amides is 1. The van der Waals surface area contributed by atoms with Crippen LogP contribution >= 0.6 is 0 Å². The van der Waals surface area contributed by atoms with Crippen molar-refractivity contribution in [2.75, 3.05) is 7.11 Å². The largest absolute Gasteiger partial charge is 0.477 e. The number of nitrogens with two attached hydrogens (primary N) is 2. The van der Waals surface area contributed by atoms with E-state index in [1.165, 1.54) is 6.07 Å². The Hall–Kier alpha value is -3.86. The number of esters is 1. The van der Waals surface area contributed by atoms with Gasteiger partial charge in [-0.3, -0.25) is 4.79 Å². The van der Waals surface area contributed by atoms with Gasteiger partial charge in [0, 0.05) is 12.6 Å². The molecular weight excluding hydrogens is 385 g/mol. The van der Waals surface area contributed by atoms with E-state index < -0.39 is 23.5 Å². The standard InChI is InChI=1S/C10H8N4O5.C8H10FN/c1-19-10(18)6-2-5(9(16)17)13-8-4(7(11)15)3-12-14(6)8;1-6-4-7(5-10)2-3-8(6)9/h2-3H,1H3,(H2,11,15)(H,16,17);2-4H,5,10H2,1H3. The molecule has 0 aliphatic heterocycles. The molecule has 0 atom stereocenters. The van der Waals surface area contributed by atoms with Gasteiger partial charge in [-0.2, -0.15) is 5.10 Å². The molecule has 11 heteroatoms. The second-order valence-electron chi connectivity index (χ2n) is 5.77. The maximum atomic E-state index is 12.6. The van der Waals surface area contributed by atoms with Crippen molar-refractivity contribution < 1.29 is 28.6 Å². The van der Waals surface area contributed by atoms with Gasteiger partial charge in [-0.05, 0) is 24.1 Å². The lowest BCUT2D eigenvalue weighted by Gasteiger charge is -2.04. The lowest BCUT2D eigenvalue weighted by atomic mass is 10.1. The lowest BCUT2D eigenvalue weighted by Crippen LogP contribution is -2.16. The third-order valence-corrected chi connectivity index (χ3v) is 3.81. The molecule has 29 heavy (non-hydrogen) atoms. The summed E-state index contributed by atoms with van der Waals surface area (Å²) in [6.45, 7) is 2.20. The topological polar surface area (TPSA) is 163 Å². The third kappa shape index (κ3) is 4.71. The van der Waals surface area contributed by atoms with Crippen LogP contribution in [0.25, 0.3) is 5.65 Å². The Morgan fingerprint density at radius 2 is 1.97 bits per heavy atom. The number of carbonyl (C=O) groups excluding carboxylic acids is 2. The molecule has 3 aromatic rings. The van der Waals surface area contributed by atoms with Crippen LogP contribution in [0.4, 0.5) is 4.39 Å². The highest BCUT2D eigenvalue weighted by atomic mass is 19.1. The van der Waals surface area contributed by atoms with E-state index in [4.69, 9.17) is 16.6 Å². The van der Waals surface area contributed by atoms with Crippen LogP contribution in [0, 0.1) is 12.7 Å². The van der Waals surface area contributed by atoms with E-state index in [2.05, 4.69) is 14.8 Å². The van der Waals surface area contributed by atoms with E-state index in [1.54, 1.807) is 19.1 Å². The molecule has 5 N–H and O–H groups in total. The van der Waals surface area contributed by atoms with Crippen molar-refractivity contribution in [3.63, 3.8) is 0 Å². The van der Waals surface area contributed by atoms with Crippen molar-refractivity contribution in [1.29, 1.82) is 0 Å². The van der Waals surface area contributed by atoms with Crippen LogP contribution in [-0.4, -0.2) is 44.7 Å². The highest BCUT2D eigenvalue weighted by Crippen LogP contribution is 2.13. The van der Waals surface area contributed by atoms with Crippen molar-refractivity contribution in [2.45, 2.75) is 13.5 Å². The number of nitrogens with zero attached hydrogens (tertiary/aromatic N) is 3. The zero-order chi connectivity index (χ0) is 21.7. The average molecular weight is 403 g/mol. The molecule has 0 spiro atoms. The average Bonchev–Trinajstić information content (AvgIpc) is 3.13. The predicted molar refractivity (Wildman–Crippen MR) is 98.8 cm³/mol. The van der Waals surface area contributed by atoms with E-state index >= 15 is 0 Å². The molecule has 10 nitrogen and oxygen atoms in total. The summed E-state index contributed by atoms with van der Waals surface area (Å²) in [7, 11) is 1.13. The van der Waals surface area contributed by atoms with Crippen molar-refractivity contribution >= 4 is 23.5 Å². The van der Waals surface area contributed by atoms with Crippen LogP contribution in [-0.2, 0) is 11.3 Å². The number of aromatic carboxylic acids is 1. The highest BCUT2D eigenvalue weighted by molar-refractivity contribution is 6.00. The number of carboxylic acid groups (broad SMARTS) is 1. The van der Waals surface area contributed by atoms with Gasteiger partial charge < -0.3 is 21.3 Å². The van der Waals surface area contributed by atoms with E-state index in [0.29, 0.717) is 12.1 Å². The van der Waals surface area contributed by atoms with Gasteiger partial charge in [-0.15, -0.1) is 0 Å². The van der Waals surface area contributed by atoms with Crippen LogP contribution < -0.4 is 11.5 Å². The van der Waals surface area contributed by atoms with Gasteiger partial charge >= 0.3 is 11.9 Å². The molecule has 3 rings (SSSR count). The van der Waals surface area contributed by atoms with Crippen LogP contribution in [0.3, 0.4) is 0 Å². The number of hydrogen-bond donors (Lipinski definition) is 3. The van der Waals surface area contributed by atoms with Crippen molar-refractivity contribution in [2.24, 2.45) is 11.5 Å². The molecule has 0 aliphatic rings. The summed E-state index contributed by atoms with van der Waals surface area (Å²) >= 11 is 0. The minimum absolute atomic E-state index is 0.0896. The number of halogens is 1. The number of benzene rings is 1. The predicted octanol–water partition coefficient (Wildman–Crippen LogP) is 0.906. The summed E-state index contributed by atoms with van der Waals surface area (Å²) in [6.07, 6.45) is 1.10. The van der Waals surface area contributed by atoms with Gasteiger partial charge in [-0.1, -0.05) is 12.1 Å². The molecule has 0 saturated carbocycles. The molecule has 0 bridgehead atoms. The highest BCUT2D eigenvalue weighted by Gasteiger charge is 2.21. The summed E-state index contributed by atoms with van der Waals surface area (Å²) in [4.78, 5) is 37.4. The summed E-state index contributed by atoms with van der Waals surface area (Å²) in [5, 5.41) is 12.7. The third-order valence-electron chi connectivity index (χ3n) is 3.81. The number of aryl methyl sites for hydroxylation is 1. The zero-order valence-corrected chi connectivity index (χ0v) is 15.5. The molecular formula is C18H18FN5O5. The first kappa shape index (κ1) is 21.4. The number of methoxy groups -OCH3 is 1. The maximum Gasteiger partial charge on any atom is 0.356 e. The Morgan fingerprint density at radius 1 is 1.28 bits per heavy atom. The van der Waals surface area contributed by atoms with Gasteiger partial charge in [-0.25, -0.2) is 23.5 Å². The fourth-order valence-electron chi connectivity index (χ4n) is 2.33. The molecule has 1 aromatic carbocycles. The number of aromatic nitrogens is 3. The zero-order valence-electron chi connectivity index (χ0n) is 15.5. The Balaban J connectivity index is 0.000000253. The smallest absolute Gasteiger partial charge is 0.356 e. The van der Waals surface area contributed by atoms with Crippen molar-refractivity contribution in [3.05, 3.63) is 64.4 Å². The molecule has 1 amide bonds. The van der Waals surface area contributed by atoms with Crippen molar-refractivity contribution in [1.82, 2.24) is 14.6 Å². The maximum absolute atomic E-state index is 12.6. The molecule has 0 fully saturated rings. The van der Waals surface area contributed by atoms with E-state index in [9.17, 15) is 18.8 Å². The van der Waals surface area contributed by atoms with Crippen LogP contribution in [0.1, 0.15) is 42.5 Å². The first-order valence-corrected chi connectivity index (χ1v) is 8.14. The Bertz CT molecular complexity index is 1100. The summed E-state index contributed by atoms with van der Waals surface area (Å²) in [5.41, 5.74) is 11.3. The number of carboxylic acids is 1. The van der Waals surface area contributed by atoms with Gasteiger partial charge in [0.15, 0.2) is 17.0 Å². The summed E-state index contributed by atoms with van der Waals surface area (Å²) in [6, 6.07) is 5.90. The first-order valence-electron chi connectivity index (χ1n) is 8.14. The van der Waals surface area contributed by atoms with Crippen LogP contribution in [0.2, 0.25) is 0 Å². The lowest BCUT2D eigenvalue weighted by molar-refractivity contribution is 0.0590. The van der Waals surface area contributed by atoms with Crippen molar-refractivity contribution in [3.8, 4) is 0 Å². The molecule has 0 aliphatic carbocycles.